The van der Waals surface area contributed by atoms with Crippen LogP contribution in [0.25, 0.3) is 22.3 Å². The molecule has 3 unspecified atom stereocenters. The Hall–Kier alpha value is -4.37. The van der Waals surface area contributed by atoms with E-state index in [-0.39, 0.29) is 51.0 Å². The zero-order valence-electron chi connectivity index (χ0n) is 20.3. The summed E-state index contributed by atoms with van der Waals surface area (Å²) in [5.41, 5.74) is 0.320. The molecule has 14 heteroatoms. The second-order valence-corrected chi connectivity index (χ2v) is 8.59. The van der Waals surface area contributed by atoms with Gasteiger partial charge >= 0.3 is 23.3 Å². The number of hydrogen-bond acceptors (Lipinski definition) is 12. The molecule has 0 bridgehead atoms. The van der Waals surface area contributed by atoms with Crippen molar-refractivity contribution in [2.24, 2.45) is 0 Å². The van der Waals surface area contributed by atoms with E-state index in [2.05, 4.69) is 0 Å². The van der Waals surface area contributed by atoms with Crippen LogP contribution in [-0.4, -0.2) is 92.1 Å². The summed E-state index contributed by atoms with van der Waals surface area (Å²) >= 11 is 0. The highest BCUT2D eigenvalue weighted by molar-refractivity contribution is 5.90. The highest BCUT2D eigenvalue weighted by Crippen LogP contribution is 2.42. The summed E-state index contributed by atoms with van der Waals surface area (Å²) in [4.78, 5) is 22.3. The quantitative estimate of drug-likeness (QED) is 0.117. The largest absolute Gasteiger partial charge is 0.507 e. The van der Waals surface area contributed by atoms with E-state index in [0.717, 1.165) is 6.07 Å². The normalized spacial score (nSPS) is 22.8. The Bertz CT molecular complexity index is 1390. The van der Waals surface area contributed by atoms with Crippen LogP contribution in [0.5, 0.6) is 28.7 Å². The van der Waals surface area contributed by atoms with Crippen LogP contribution in [0.4, 0.5) is 0 Å². The maximum atomic E-state index is 11.6. The first kappa shape index (κ1) is 27.7. The van der Waals surface area contributed by atoms with Gasteiger partial charge in [-0.15, -0.1) is 0 Å². The molecule has 7 N–H and O–H groups in total. The molecule has 1 saturated heterocycles. The number of fused-ring (bicyclic) bond motifs is 1. The molecule has 3 aromatic rings. The molecular weight excluding hydrogens is 524 g/mol. The number of carboxylic acid groups (broad SMARTS) is 1. The van der Waals surface area contributed by atoms with Crippen LogP contribution in [0.1, 0.15) is 6.42 Å². The summed E-state index contributed by atoms with van der Waals surface area (Å²) in [6.45, 7) is -0.666. The predicted molar refractivity (Wildman–Crippen MR) is 128 cm³/mol. The van der Waals surface area contributed by atoms with Crippen molar-refractivity contribution in [2.75, 3.05) is 13.7 Å². The van der Waals surface area contributed by atoms with Gasteiger partial charge in [0.05, 0.1) is 18.7 Å². The van der Waals surface area contributed by atoms with Crippen LogP contribution < -0.4 is 9.47 Å². The second kappa shape index (κ2) is 11.2. The van der Waals surface area contributed by atoms with E-state index in [1.807, 2.05) is 0 Å². The van der Waals surface area contributed by atoms with Crippen LogP contribution in [0.3, 0.4) is 0 Å². The Labute approximate surface area is 219 Å². The van der Waals surface area contributed by atoms with Crippen molar-refractivity contribution < 1.29 is 68.7 Å². The van der Waals surface area contributed by atoms with E-state index < -0.39 is 55.7 Å². The number of carbonyl (C=O) groups is 2. The lowest BCUT2D eigenvalue weighted by Gasteiger charge is -2.39. The van der Waals surface area contributed by atoms with Gasteiger partial charge in [-0.3, -0.25) is 9.59 Å². The van der Waals surface area contributed by atoms with E-state index in [1.54, 1.807) is 0 Å². The molecule has 2 heterocycles. The first-order valence-electron chi connectivity index (χ1n) is 11.4. The molecule has 1 fully saturated rings. The van der Waals surface area contributed by atoms with Crippen molar-refractivity contribution in [3.05, 3.63) is 36.4 Å². The Kier molecular flexibility index (Phi) is 7.92. The maximum absolute atomic E-state index is 11.6. The number of methoxy groups -OCH3 is 1. The third kappa shape index (κ3) is 5.88. The van der Waals surface area contributed by atoms with Crippen molar-refractivity contribution in [3.63, 3.8) is 0 Å². The third-order valence-electron chi connectivity index (χ3n) is 5.87. The number of benzene rings is 2. The van der Waals surface area contributed by atoms with Gasteiger partial charge in [-0.25, -0.2) is 4.42 Å². The molecule has 1 aliphatic rings. The fourth-order valence-electron chi connectivity index (χ4n) is 3.92. The van der Waals surface area contributed by atoms with E-state index in [9.17, 15) is 40.2 Å². The second-order valence-electron chi connectivity index (χ2n) is 8.59. The molecule has 4 rings (SSSR count). The van der Waals surface area contributed by atoms with Gasteiger partial charge in [0, 0.05) is 18.2 Å². The number of rotatable bonds is 8. The number of aliphatic hydroxyl groups excluding tert-OH is 3. The number of carbonyl (C=O) groups excluding carboxylic acids is 1. The van der Waals surface area contributed by atoms with E-state index >= 15 is 0 Å². The lowest BCUT2D eigenvalue weighted by Crippen LogP contribution is -2.60. The lowest BCUT2D eigenvalue weighted by molar-refractivity contribution is -0.278. The Balaban J connectivity index is 1.71. The highest BCUT2D eigenvalue weighted by Gasteiger charge is 2.46. The summed E-state index contributed by atoms with van der Waals surface area (Å²) in [6.07, 6.45) is -9.43. The molecule has 14 nitrogen and oxygen atoms in total. The predicted octanol–water partition coefficient (Wildman–Crippen LogP) is 0.711. The van der Waals surface area contributed by atoms with E-state index in [0.29, 0.717) is 0 Å². The average Bonchev–Trinajstić information content (AvgIpc) is 2.88. The maximum Gasteiger partial charge on any atom is 0.402 e. The number of aliphatic hydroxyl groups is 3. The van der Waals surface area contributed by atoms with Gasteiger partial charge in [-0.05, 0) is 12.1 Å². The van der Waals surface area contributed by atoms with Crippen molar-refractivity contribution in [3.8, 4) is 40.1 Å². The van der Waals surface area contributed by atoms with Gasteiger partial charge in [-0.1, -0.05) is 0 Å². The molecule has 5 atom stereocenters. The monoisotopic (exact) mass is 549 g/mol. The first-order chi connectivity index (χ1) is 18.5. The van der Waals surface area contributed by atoms with Crippen LogP contribution >= 0.6 is 0 Å². The van der Waals surface area contributed by atoms with Crippen LogP contribution in [-0.2, 0) is 19.1 Å². The van der Waals surface area contributed by atoms with Crippen LogP contribution in [0.2, 0.25) is 0 Å². The van der Waals surface area contributed by atoms with Crippen molar-refractivity contribution in [2.45, 2.75) is 37.1 Å². The van der Waals surface area contributed by atoms with Gasteiger partial charge in [0.15, 0.2) is 11.5 Å². The molecule has 0 amide bonds. The van der Waals surface area contributed by atoms with E-state index in [1.165, 1.54) is 37.4 Å². The fourth-order valence-corrected chi connectivity index (χ4v) is 3.92. The molecule has 1 aromatic heterocycles. The SMILES string of the molecule is COc1cc(-c2[o+]c3cc(O)cc(O)c3cc2O[C@@H]2OC(COC(=O)CC(=O)O)[C@@H](O)C(O)C2O)ccc1O. The number of esters is 1. The third-order valence-corrected chi connectivity index (χ3v) is 5.87. The number of phenols is 3. The van der Waals surface area contributed by atoms with Crippen molar-refractivity contribution in [1.29, 1.82) is 0 Å². The minimum Gasteiger partial charge on any atom is -0.507 e. The molecule has 0 saturated carbocycles. The Morgan fingerprint density at radius 3 is 2.38 bits per heavy atom. The van der Waals surface area contributed by atoms with Crippen LogP contribution in [0.15, 0.2) is 40.8 Å². The number of phenolic OH excluding ortho intramolecular Hbond substituents is 3. The fraction of sp³-hybridized carbons (Fsp3) is 0.320. The standard InChI is InChI=1S/C25H24O14/c1-35-16-4-10(2-3-13(16)27)24-17(7-12-14(28)5-11(26)6-15(12)37-24)38-25-23(34)22(33)21(32)18(39-25)9-36-20(31)8-19(29)30/h2-7,18,21-23,25,32-34H,8-9H2,1H3,(H3-,26,27,28,29,30)/p+1/t18?,21-,22?,23?,25-/m1/s1. The Morgan fingerprint density at radius 1 is 0.949 bits per heavy atom. The number of carboxylic acids is 1. The first-order valence-corrected chi connectivity index (χ1v) is 11.4. The number of hydrogen-bond donors (Lipinski definition) is 7. The summed E-state index contributed by atoms with van der Waals surface area (Å²) in [7, 11) is 1.33. The average molecular weight is 549 g/mol. The zero-order chi connectivity index (χ0) is 28.4. The minimum absolute atomic E-state index is 0.0330. The number of ether oxygens (including phenoxy) is 4. The van der Waals surface area contributed by atoms with Gasteiger partial charge < -0.3 is 54.7 Å². The summed E-state index contributed by atoms with van der Waals surface area (Å²) in [6, 6.07) is 7.74. The topological polar surface area (TPSA) is 224 Å². The van der Waals surface area contributed by atoms with E-state index in [4.69, 9.17) is 28.5 Å². The van der Waals surface area contributed by atoms with Gasteiger partial charge in [0.2, 0.25) is 12.0 Å². The molecule has 0 radical (unpaired) electrons. The minimum atomic E-state index is -1.83. The molecule has 0 aliphatic carbocycles. The smallest absolute Gasteiger partial charge is 0.402 e. The Morgan fingerprint density at radius 2 is 1.69 bits per heavy atom. The molecule has 2 aromatic carbocycles. The summed E-state index contributed by atoms with van der Waals surface area (Å²) in [5.74, 6) is -3.51. The lowest BCUT2D eigenvalue weighted by atomic mass is 9.99. The highest BCUT2D eigenvalue weighted by atomic mass is 16.7. The molecular formula is C25H25O14+. The number of aromatic hydroxyl groups is 3. The number of aliphatic carboxylic acids is 1. The van der Waals surface area contributed by atoms with Gasteiger partial charge in [0.25, 0.3) is 0 Å². The summed E-state index contributed by atoms with van der Waals surface area (Å²) in [5, 5.41) is 70.2. The molecule has 39 heavy (non-hydrogen) atoms. The van der Waals surface area contributed by atoms with Crippen LogP contribution in [0, 0.1) is 0 Å². The zero-order valence-corrected chi connectivity index (χ0v) is 20.3. The van der Waals surface area contributed by atoms with Gasteiger partial charge in [-0.2, -0.15) is 0 Å². The molecule has 208 valence electrons. The molecule has 0 spiro atoms. The van der Waals surface area contributed by atoms with Crippen molar-refractivity contribution >= 4 is 22.9 Å². The summed E-state index contributed by atoms with van der Waals surface area (Å²) < 4.78 is 27.2. The molecule has 1 aliphatic heterocycles. The van der Waals surface area contributed by atoms with Crippen molar-refractivity contribution in [1.82, 2.24) is 0 Å². The van der Waals surface area contributed by atoms with Gasteiger partial charge in [0.1, 0.15) is 54.3 Å².